The van der Waals surface area contributed by atoms with Gasteiger partial charge in [0.2, 0.25) is 0 Å². The van der Waals surface area contributed by atoms with Gasteiger partial charge >= 0.3 is 5.97 Å². The van der Waals surface area contributed by atoms with E-state index < -0.39 is 12.0 Å². The van der Waals surface area contributed by atoms with Gasteiger partial charge in [0, 0.05) is 0 Å². The first-order chi connectivity index (χ1) is 7.60. The molecule has 0 radical (unpaired) electrons. The largest absolute Gasteiger partial charge is 0.465 e. The maximum Gasteiger partial charge on any atom is 0.327 e. The van der Waals surface area contributed by atoms with E-state index in [1.54, 1.807) is 33.0 Å². The molecule has 0 spiro atoms. The number of benzene rings is 1. The molecule has 3 nitrogen and oxygen atoms in total. The molecule has 0 aliphatic carbocycles. The predicted octanol–water partition coefficient (Wildman–Crippen LogP) is 1.96. The van der Waals surface area contributed by atoms with Crippen molar-refractivity contribution in [2.24, 2.45) is 0 Å². The van der Waals surface area contributed by atoms with Crippen molar-refractivity contribution in [3.8, 4) is 0 Å². The lowest BCUT2D eigenvalue weighted by atomic mass is 10.0. The summed E-state index contributed by atoms with van der Waals surface area (Å²) in [7, 11) is 1.64. The number of hydrogen-bond donors (Lipinski definition) is 1. The van der Waals surface area contributed by atoms with Crippen LogP contribution < -0.4 is 5.32 Å². The molecule has 88 valence electrons. The first-order valence-electron chi connectivity index (χ1n) is 5.20. The lowest BCUT2D eigenvalue weighted by molar-refractivity contribution is -0.145. The first-order valence-corrected chi connectivity index (χ1v) is 5.20. The smallest absolute Gasteiger partial charge is 0.327 e. The quantitative estimate of drug-likeness (QED) is 0.796. The number of likely N-dealkylation sites (N-methyl/N-ethyl adjacent to an activating group) is 1. The van der Waals surface area contributed by atoms with Crippen LogP contribution in [0.5, 0.6) is 0 Å². The first kappa shape index (κ1) is 12.6. The van der Waals surface area contributed by atoms with Crippen LogP contribution in [0.3, 0.4) is 0 Å². The molecule has 0 aliphatic heterocycles. The number of esters is 1. The molecule has 0 saturated heterocycles. The number of halogens is 1. The molecular weight excluding hydrogens is 209 g/mol. The van der Waals surface area contributed by atoms with Gasteiger partial charge in [-0.3, -0.25) is 0 Å². The van der Waals surface area contributed by atoms with Gasteiger partial charge in [0.05, 0.1) is 6.61 Å². The van der Waals surface area contributed by atoms with E-state index in [1.807, 2.05) is 0 Å². The summed E-state index contributed by atoms with van der Waals surface area (Å²) in [6, 6.07) is 4.10. The maximum atomic E-state index is 13.3. The molecule has 1 atom stereocenters. The van der Waals surface area contributed by atoms with Crippen molar-refractivity contribution in [1.82, 2.24) is 5.32 Å². The molecule has 4 heteroatoms. The number of ether oxygens (including phenoxy) is 1. The predicted molar refractivity (Wildman–Crippen MR) is 59.6 cm³/mol. The number of nitrogens with one attached hydrogen (secondary N) is 1. The summed E-state index contributed by atoms with van der Waals surface area (Å²) >= 11 is 0. The Kier molecular flexibility index (Phi) is 4.43. The number of rotatable bonds is 4. The SMILES string of the molecule is CCOC(=O)C(NC)c1ccc(C)c(F)c1. The van der Waals surface area contributed by atoms with Gasteiger partial charge in [-0.05, 0) is 38.1 Å². The third-order valence-electron chi connectivity index (χ3n) is 2.34. The zero-order chi connectivity index (χ0) is 12.1. The van der Waals surface area contributed by atoms with Crippen molar-refractivity contribution in [2.75, 3.05) is 13.7 Å². The molecule has 0 saturated carbocycles. The molecule has 1 unspecified atom stereocenters. The van der Waals surface area contributed by atoms with E-state index in [2.05, 4.69) is 5.32 Å². The van der Waals surface area contributed by atoms with Gasteiger partial charge in [-0.2, -0.15) is 0 Å². The van der Waals surface area contributed by atoms with Crippen LogP contribution in [0.1, 0.15) is 24.1 Å². The van der Waals surface area contributed by atoms with Crippen molar-refractivity contribution in [3.05, 3.63) is 35.1 Å². The molecular formula is C12H16FNO2. The van der Waals surface area contributed by atoms with Crippen molar-refractivity contribution in [3.63, 3.8) is 0 Å². The van der Waals surface area contributed by atoms with Crippen LogP contribution in [0.4, 0.5) is 4.39 Å². The molecule has 16 heavy (non-hydrogen) atoms. The fourth-order valence-corrected chi connectivity index (χ4v) is 1.43. The van der Waals surface area contributed by atoms with E-state index in [0.717, 1.165) is 0 Å². The summed E-state index contributed by atoms with van der Waals surface area (Å²) in [6.07, 6.45) is 0. The fraction of sp³-hybridized carbons (Fsp3) is 0.417. The Hall–Kier alpha value is -1.42. The topological polar surface area (TPSA) is 38.3 Å². The van der Waals surface area contributed by atoms with Gasteiger partial charge in [-0.15, -0.1) is 0 Å². The Morgan fingerprint density at radius 3 is 2.75 bits per heavy atom. The molecule has 1 aromatic carbocycles. The van der Waals surface area contributed by atoms with Crippen LogP contribution in [0.15, 0.2) is 18.2 Å². The summed E-state index contributed by atoms with van der Waals surface area (Å²) in [5.41, 5.74) is 1.13. The highest BCUT2D eigenvalue weighted by Crippen LogP contribution is 2.17. The molecule has 0 amide bonds. The highest BCUT2D eigenvalue weighted by atomic mass is 19.1. The highest BCUT2D eigenvalue weighted by molar-refractivity contribution is 5.77. The van der Waals surface area contributed by atoms with Gasteiger partial charge in [-0.25, -0.2) is 9.18 Å². The summed E-state index contributed by atoms with van der Waals surface area (Å²) in [5, 5.41) is 2.81. The van der Waals surface area contributed by atoms with Crippen LogP contribution in [0, 0.1) is 12.7 Å². The summed E-state index contributed by atoms with van der Waals surface area (Å²) in [6.45, 7) is 3.73. The number of carbonyl (C=O) groups excluding carboxylic acids is 1. The van der Waals surface area contributed by atoms with Gasteiger partial charge in [0.1, 0.15) is 11.9 Å². The number of aryl methyl sites for hydroxylation is 1. The van der Waals surface area contributed by atoms with Crippen LogP contribution in [0.2, 0.25) is 0 Å². The van der Waals surface area contributed by atoms with E-state index in [-0.39, 0.29) is 5.82 Å². The number of carbonyl (C=O) groups is 1. The van der Waals surface area contributed by atoms with E-state index >= 15 is 0 Å². The lowest BCUT2D eigenvalue weighted by Crippen LogP contribution is -2.27. The second kappa shape index (κ2) is 5.61. The molecule has 1 rings (SSSR count). The van der Waals surface area contributed by atoms with Crippen molar-refractivity contribution < 1.29 is 13.9 Å². The van der Waals surface area contributed by atoms with E-state index in [1.165, 1.54) is 6.07 Å². The van der Waals surface area contributed by atoms with Crippen LogP contribution in [-0.2, 0) is 9.53 Å². The number of hydrogen-bond acceptors (Lipinski definition) is 3. The van der Waals surface area contributed by atoms with Crippen molar-refractivity contribution in [1.29, 1.82) is 0 Å². The average molecular weight is 225 g/mol. The van der Waals surface area contributed by atoms with Gasteiger partial charge < -0.3 is 10.1 Å². The Labute approximate surface area is 94.6 Å². The molecule has 0 aliphatic rings. The van der Waals surface area contributed by atoms with Gasteiger partial charge in [0.15, 0.2) is 0 Å². The third-order valence-corrected chi connectivity index (χ3v) is 2.34. The Balaban J connectivity index is 2.95. The maximum absolute atomic E-state index is 13.3. The fourth-order valence-electron chi connectivity index (χ4n) is 1.43. The monoisotopic (exact) mass is 225 g/mol. The van der Waals surface area contributed by atoms with E-state index in [9.17, 15) is 9.18 Å². The molecule has 0 fully saturated rings. The normalized spacial score (nSPS) is 12.2. The summed E-state index contributed by atoms with van der Waals surface area (Å²) in [4.78, 5) is 11.6. The molecule has 1 N–H and O–H groups in total. The zero-order valence-corrected chi connectivity index (χ0v) is 9.71. The zero-order valence-electron chi connectivity index (χ0n) is 9.71. The van der Waals surface area contributed by atoms with E-state index in [0.29, 0.717) is 17.7 Å². The molecule has 0 aromatic heterocycles. The van der Waals surface area contributed by atoms with Crippen molar-refractivity contribution >= 4 is 5.97 Å². The Morgan fingerprint density at radius 1 is 1.56 bits per heavy atom. The Morgan fingerprint density at radius 2 is 2.25 bits per heavy atom. The minimum Gasteiger partial charge on any atom is -0.465 e. The minimum atomic E-state index is -0.616. The molecule has 0 bridgehead atoms. The summed E-state index contributed by atoms with van der Waals surface area (Å²) < 4.78 is 18.2. The van der Waals surface area contributed by atoms with Crippen LogP contribution in [-0.4, -0.2) is 19.6 Å². The summed E-state index contributed by atoms with van der Waals surface area (Å²) in [5.74, 6) is -0.713. The highest BCUT2D eigenvalue weighted by Gasteiger charge is 2.20. The van der Waals surface area contributed by atoms with Crippen molar-refractivity contribution in [2.45, 2.75) is 19.9 Å². The Bertz CT molecular complexity index is 379. The lowest BCUT2D eigenvalue weighted by Gasteiger charge is -2.15. The minimum absolute atomic E-state index is 0.311. The van der Waals surface area contributed by atoms with Crippen LogP contribution in [0.25, 0.3) is 0 Å². The standard InChI is InChI=1S/C12H16FNO2/c1-4-16-12(15)11(14-3)9-6-5-8(2)10(13)7-9/h5-7,11,14H,4H2,1-3H3. The molecule has 0 heterocycles. The van der Waals surface area contributed by atoms with E-state index in [4.69, 9.17) is 4.74 Å². The van der Waals surface area contributed by atoms with Gasteiger partial charge in [0.25, 0.3) is 0 Å². The molecule has 1 aromatic rings. The van der Waals surface area contributed by atoms with Crippen LogP contribution >= 0.6 is 0 Å². The second-order valence-electron chi connectivity index (χ2n) is 3.48. The second-order valence-corrected chi connectivity index (χ2v) is 3.48. The third kappa shape index (κ3) is 2.79. The van der Waals surface area contributed by atoms with Gasteiger partial charge in [-0.1, -0.05) is 12.1 Å². The average Bonchev–Trinajstić information content (AvgIpc) is 2.25.